The minimum Gasteiger partial charge on any atom is -0.345 e. The van der Waals surface area contributed by atoms with E-state index in [1.165, 1.54) is 6.07 Å². The van der Waals surface area contributed by atoms with Crippen molar-refractivity contribution < 1.29 is 14.0 Å². The number of aromatic nitrogens is 1. The smallest absolute Gasteiger partial charge is 0.227 e. The second-order valence-corrected chi connectivity index (χ2v) is 9.30. The molecule has 1 N–H and O–H groups in total. The van der Waals surface area contributed by atoms with Gasteiger partial charge in [0, 0.05) is 42.9 Å². The number of nitrogens with one attached hydrogen (secondary N) is 1. The summed E-state index contributed by atoms with van der Waals surface area (Å²) >= 11 is 1.65. The Hall–Kier alpha value is -2.48. The van der Waals surface area contributed by atoms with E-state index < -0.39 is 5.82 Å². The van der Waals surface area contributed by atoms with E-state index in [-0.39, 0.29) is 29.3 Å². The second-order valence-electron chi connectivity index (χ2n) is 8.24. The first-order chi connectivity index (χ1) is 14.4. The molecular formula is C22H27FN4O2S. The fourth-order valence-electron chi connectivity index (χ4n) is 4.00. The normalized spacial score (nSPS) is 19.0. The molecule has 2 amide bonds. The van der Waals surface area contributed by atoms with Crippen molar-refractivity contribution in [3.8, 4) is 0 Å². The second kappa shape index (κ2) is 8.71. The van der Waals surface area contributed by atoms with Gasteiger partial charge >= 0.3 is 0 Å². The first-order valence-corrected chi connectivity index (χ1v) is 11.3. The van der Waals surface area contributed by atoms with Gasteiger partial charge in [-0.3, -0.25) is 9.59 Å². The fraction of sp³-hybridized carbons (Fsp3) is 0.500. The maximum Gasteiger partial charge on any atom is 0.227 e. The van der Waals surface area contributed by atoms with Crippen LogP contribution in [-0.2, 0) is 22.4 Å². The average Bonchev–Trinajstić information content (AvgIpc) is 3.18. The van der Waals surface area contributed by atoms with Crippen LogP contribution in [0.4, 0.5) is 15.2 Å². The minimum absolute atomic E-state index is 0.0242. The molecule has 0 radical (unpaired) electrons. The summed E-state index contributed by atoms with van der Waals surface area (Å²) in [5, 5.41) is 3.71. The average molecular weight is 431 g/mol. The largest absolute Gasteiger partial charge is 0.345 e. The molecule has 1 aromatic carbocycles. The first kappa shape index (κ1) is 20.8. The number of anilines is 2. The van der Waals surface area contributed by atoms with Gasteiger partial charge in [-0.25, -0.2) is 9.37 Å². The van der Waals surface area contributed by atoms with Crippen LogP contribution >= 0.6 is 11.3 Å². The summed E-state index contributed by atoms with van der Waals surface area (Å²) in [6.07, 6.45) is 2.11. The maximum atomic E-state index is 13.8. The predicted octanol–water partition coefficient (Wildman–Crippen LogP) is 3.33. The summed E-state index contributed by atoms with van der Waals surface area (Å²) in [6.45, 7) is 6.86. The summed E-state index contributed by atoms with van der Waals surface area (Å²) in [5.41, 5.74) is 1.30. The highest BCUT2D eigenvalue weighted by Crippen LogP contribution is 2.35. The van der Waals surface area contributed by atoms with Crippen LogP contribution in [0.3, 0.4) is 0 Å². The van der Waals surface area contributed by atoms with E-state index in [2.05, 4.69) is 10.2 Å². The van der Waals surface area contributed by atoms with Gasteiger partial charge in [0.25, 0.3) is 0 Å². The number of aryl methyl sites for hydroxylation is 1. The molecule has 30 heavy (non-hydrogen) atoms. The van der Waals surface area contributed by atoms with Gasteiger partial charge in [-0.15, -0.1) is 11.3 Å². The number of para-hydroxylation sites is 1. The van der Waals surface area contributed by atoms with Crippen molar-refractivity contribution in [2.45, 2.75) is 33.1 Å². The standard InChI is InChI=1S/C22H27FN4O2S/c1-14(2)21(29)26-9-11-27(12-10-26)22-25-18-8-7-15(13-19(18)30-22)20(28)24-17-6-4-3-5-16(17)23/h3-6,14-15H,7-13H2,1-2H3,(H,24,28)/t15-/m1/s1. The lowest BCUT2D eigenvalue weighted by molar-refractivity contribution is -0.134. The third kappa shape index (κ3) is 4.33. The molecular weight excluding hydrogens is 403 g/mol. The summed E-state index contributed by atoms with van der Waals surface area (Å²) in [4.78, 5) is 35.0. The Morgan fingerprint density at radius 3 is 2.63 bits per heavy atom. The summed E-state index contributed by atoms with van der Waals surface area (Å²) in [5.74, 6) is -0.502. The number of hydrogen-bond acceptors (Lipinski definition) is 5. The Labute approximate surface area is 180 Å². The fourth-order valence-corrected chi connectivity index (χ4v) is 5.24. The first-order valence-electron chi connectivity index (χ1n) is 10.5. The SMILES string of the molecule is CC(C)C(=O)N1CCN(c2nc3c(s2)C[C@H](C(=O)Nc2ccccc2F)CC3)CC1. The Morgan fingerprint density at radius 2 is 1.93 bits per heavy atom. The molecule has 2 aromatic rings. The molecule has 2 heterocycles. The zero-order chi connectivity index (χ0) is 21.3. The van der Waals surface area contributed by atoms with Crippen molar-refractivity contribution in [3.63, 3.8) is 0 Å². The van der Waals surface area contributed by atoms with E-state index in [4.69, 9.17) is 4.98 Å². The molecule has 160 valence electrons. The topological polar surface area (TPSA) is 65.5 Å². The minimum atomic E-state index is -0.419. The van der Waals surface area contributed by atoms with E-state index >= 15 is 0 Å². The van der Waals surface area contributed by atoms with Gasteiger partial charge in [0.15, 0.2) is 5.13 Å². The van der Waals surface area contributed by atoms with E-state index in [1.54, 1.807) is 29.5 Å². The highest BCUT2D eigenvalue weighted by Gasteiger charge is 2.30. The van der Waals surface area contributed by atoms with Crippen LogP contribution in [0.25, 0.3) is 0 Å². The van der Waals surface area contributed by atoms with Crippen LogP contribution in [0.2, 0.25) is 0 Å². The number of amides is 2. The highest BCUT2D eigenvalue weighted by atomic mass is 32.1. The highest BCUT2D eigenvalue weighted by molar-refractivity contribution is 7.15. The number of carbonyl (C=O) groups is 2. The van der Waals surface area contributed by atoms with Crippen LogP contribution in [0.1, 0.15) is 30.8 Å². The van der Waals surface area contributed by atoms with Crippen LogP contribution in [0.15, 0.2) is 24.3 Å². The van der Waals surface area contributed by atoms with Gasteiger partial charge < -0.3 is 15.1 Å². The molecule has 0 unspecified atom stereocenters. The number of thiazole rings is 1. The molecule has 1 aliphatic heterocycles. The number of carbonyl (C=O) groups excluding carboxylic acids is 2. The monoisotopic (exact) mass is 430 g/mol. The van der Waals surface area contributed by atoms with Crippen molar-refractivity contribution >= 4 is 34.0 Å². The molecule has 1 atom stereocenters. The lowest BCUT2D eigenvalue weighted by Gasteiger charge is -2.35. The number of benzene rings is 1. The van der Waals surface area contributed by atoms with Gasteiger partial charge in [-0.2, -0.15) is 0 Å². The molecule has 4 rings (SSSR count). The quantitative estimate of drug-likeness (QED) is 0.808. The van der Waals surface area contributed by atoms with Gasteiger partial charge in [0.05, 0.1) is 11.4 Å². The third-order valence-corrected chi connectivity index (χ3v) is 6.97. The van der Waals surface area contributed by atoms with Crippen molar-refractivity contribution in [2.75, 3.05) is 36.4 Å². The third-order valence-electron chi connectivity index (χ3n) is 5.79. The summed E-state index contributed by atoms with van der Waals surface area (Å²) in [7, 11) is 0. The number of fused-ring (bicyclic) bond motifs is 1. The molecule has 1 aromatic heterocycles. The van der Waals surface area contributed by atoms with E-state index in [9.17, 15) is 14.0 Å². The Balaban J connectivity index is 1.37. The lowest BCUT2D eigenvalue weighted by atomic mass is 9.90. The van der Waals surface area contributed by atoms with Crippen LogP contribution in [0.5, 0.6) is 0 Å². The number of rotatable bonds is 4. The number of hydrogen-bond donors (Lipinski definition) is 1. The zero-order valence-corrected chi connectivity index (χ0v) is 18.2. The van der Waals surface area contributed by atoms with E-state index in [0.29, 0.717) is 12.8 Å². The van der Waals surface area contributed by atoms with E-state index in [1.807, 2.05) is 18.7 Å². The summed E-state index contributed by atoms with van der Waals surface area (Å²) < 4.78 is 13.8. The van der Waals surface area contributed by atoms with E-state index in [0.717, 1.165) is 48.3 Å². The van der Waals surface area contributed by atoms with Gasteiger partial charge in [0.1, 0.15) is 5.82 Å². The molecule has 1 fully saturated rings. The molecule has 2 aliphatic rings. The molecule has 1 aliphatic carbocycles. The Kier molecular flexibility index (Phi) is 6.04. The van der Waals surface area contributed by atoms with Crippen molar-refractivity contribution in [2.24, 2.45) is 11.8 Å². The Bertz CT molecular complexity index is 937. The molecule has 6 nitrogen and oxygen atoms in total. The van der Waals surface area contributed by atoms with Crippen molar-refractivity contribution in [3.05, 3.63) is 40.7 Å². The van der Waals surface area contributed by atoms with Crippen LogP contribution in [-0.4, -0.2) is 47.9 Å². The number of nitrogens with zero attached hydrogens (tertiary/aromatic N) is 3. The van der Waals surface area contributed by atoms with Gasteiger partial charge in [-0.1, -0.05) is 26.0 Å². The molecule has 8 heteroatoms. The molecule has 0 saturated carbocycles. The van der Waals surface area contributed by atoms with Crippen LogP contribution < -0.4 is 10.2 Å². The number of piperazine rings is 1. The molecule has 0 bridgehead atoms. The van der Waals surface area contributed by atoms with Gasteiger partial charge in [0.2, 0.25) is 11.8 Å². The molecule has 1 saturated heterocycles. The Morgan fingerprint density at radius 1 is 1.20 bits per heavy atom. The van der Waals surface area contributed by atoms with Crippen molar-refractivity contribution in [1.82, 2.24) is 9.88 Å². The number of halogens is 1. The van der Waals surface area contributed by atoms with Crippen LogP contribution in [0, 0.1) is 17.7 Å². The predicted molar refractivity (Wildman–Crippen MR) is 116 cm³/mol. The van der Waals surface area contributed by atoms with Gasteiger partial charge in [-0.05, 0) is 31.4 Å². The molecule has 0 spiro atoms. The summed E-state index contributed by atoms with van der Waals surface area (Å²) in [6, 6.07) is 6.24. The lowest BCUT2D eigenvalue weighted by Crippen LogP contribution is -2.49. The maximum absolute atomic E-state index is 13.8. The zero-order valence-electron chi connectivity index (χ0n) is 17.4. The van der Waals surface area contributed by atoms with Crippen molar-refractivity contribution in [1.29, 1.82) is 0 Å².